The number of imidazole rings is 1. The lowest BCUT2D eigenvalue weighted by atomic mass is 10.2. The van der Waals surface area contributed by atoms with Gasteiger partial charge in [-0.25, -0.2) is 4.79 Å². The molecule has 0 aliphatic rings. The highest BCUT2D eigenvalue weighted by atomic mass is 16.5. The SMILES string of the molecule is CCOc1ccc(C[n+]2c(OC)[nH]c3c2c(=O)n(C)c(=O)n3C)cc1OCC. The lowest BCUT2D eigenvalue weighted by Gasteiger charge is -2.12. The fourth-order valence-corrected chi connectivity index (χ4v) is 3.17. The Morgan fingerprint density at radius 1 is 1.04 bits per heavy atom. The molecule has 150 valence electrons. The molecule has 0 bridgehead atoms. The maximum absolute atomic E-state index is 12.8. The van der Waals surface area contributed by atoms with Crippen LogP contribution in [0.1, 0.15) is 19.4 Å². The van der Waals surface area contributed by atoms with Gasteiger partial charge < -0.3 is 14.2 Å². The van der Waals surface area contributed by atoms with Crippen LogP contribution in [0, 0.1) is 0 Å². The summed E-state index contributed by atoms with van der Waals surface area (Å²) >= 11 is 0. The Labute approximate surface area is 161 Å². The number of aromatic amines is 1. The van der Waals surface area contributed by atoms with Crippen molar-refractivity contribution in [2.24, 2.45) is 14.1 Å². The molecule has 0 amide bonds. The van der Waals surface area contributed by atoms with E-state index in [-0.39, 0.29) is 0 Å². The third-order valence-electron chi connectivity index (χ3n) is 4.52. The molecule has 9 nitrogen and oxygen atoms in total. The molecule has 1 aromatic carbocycles. The molecular weight excluding hydrogens is 364 g/mol. The van der Waals surface area contributed by atoms with Gasteiger partial charge in [0.1, 0.15) is 6.54 Å². The van der Waals surface area contributed by atoms with Gasteiger partial charge in [0.15, 0.2) is 11.5 Å². The lowest BCUT2D eigenvalue weighted by Crippen LogP contribution is -2.44. The normalized spacial score (nSPS) is 11.0. The summed E-state index contributed by atoms with van der Waals surface area (Å²) in [6.07, 6.45) is 0. The Morgan fingerprint density at radius 2 is 1.71 bits per heavy atom. The van der Waals surface area contributed by atoms with Crippen molar-refractivity contribution in [3.8, 4) is 17.5 Å². The van der Waals surface area contributed by atoms with Crippen LogP contribution >= 0.6 is 0 Å². The summed E-state index contributed by atoms with van der Waals surface area (Å²) in [7, 11) is 4.57. The minimum absolute atomic E-state index is 0.350. The van der Waals surface area contributed by atoms with Gasteiger partial charge in [-0.3, -0.25) is 13.9 Å². The summed E-state index contributed by atoms with van der Waals surface area (Å²) in [4.78, 5) is 28.0. The van der Waals surface area contributed by atoms with Crippen LogP contribution in [0.5, 0.6) is 17.5 Å². The largest absolute Gasteiger partial charge is 0.490 e. The third-order valence-corrected chi connectivity index (χ3v) is 4.52. The van der Waals surface area contributed by atoms with E-state index in [0.29, 0.717) is 48.4 Å². The maximum Gasteiger partial charge on any atom is 0.456 e. The second kappa shape index (κ2) is 7.79. The standard InChI is InChI=1S/C19H24N4O5/c1-6-27-13-9-8-12(10-14(13)28-7-2)11-23-15-16(20-18(23)26-5)21(3)19(25)22(4)17(15)24/h8-10H,6-7,11H2,1-5H3/p+1. The highest BCUT2D eigenvalue weighted by molar-refractivity contribution is 5.66. The van der Waals surface area contributed by atoms with E-state index in [9.17, 15) is 9.59 Å². The molecule has 0 unspecified atom stereocenters. The molecule has 0 aliphatic heterocycles. The molecule has 2 heterocycles. The molecule has 0 saturated heterocycles. The molecule has 1 N–H and O–H groups in total. The Balaban J connectivity index is 2.16. The molecular formula is C19H25N4O5+. The van der Waals surface area contributed by atoms with Gasteiger partial charge in [0.05, 0.1) is 20.3 Å². The lowest BCUT2D eigenvalue weighted by molar-refractivity contribution is -0.668. The molecule has 0 aliphatic carbocycles. The van der Waals surface area contributed by atoms with E-state index in [1.807, 2.05) is 32.0 Å². The molecule has 0 spiro atoms. The molecule has 0 radical (unpaired) electrons. The number of benzene rings is 1. The second-order valence-electron chi connectivity index (χ2n) is 6.27. The smallest absolute Gasteiger partial charge is 0.456 e. The number of hydrogen-bond donors (Lipinski definition) is 1. The average molecular weight is 389 g/mol. The van der Waals surface area contributed by atoms with Crippen molar-refractivity contribution in [2.75, 3.05) is 20.3 Å². The van der Waals surface area contributed by atoms with Gasteiger partial charge in [-0.2, -0.15) is 9.55 Å². The van der Waals surface area contributed by atoms with Crippen molar-refractivity contribution in [3.05, 3.63) is 44.6 Å². The van der Waals surface area contributed by atoms with Gasteiger partial charge in [0.2, 0.25) is 0 Å². The number of hydrogen-bond acceptors (Lipinski definition) is 5. The number of aryl methyl sites for hydroxylation is 1. The molecule has 9 heteroatoms. The van der Waals surface area contributed by atoms with Gasteiger partial charge in [0.25, 0.3) is 11.2 Å². The molecule has 2 aromatic heterocycles. The summed E-state index contributed by atoms with van der Waals surface area (Å²) in [6, 6.07) is 6.01. The predicted molar refractivity (Wildman–Crippen MR) is 103 cm³/mol. The van der Waals surface area contributed by atoms with Crippen LogP contribution in [-0.2, 0) is 20.6 Å². The molecule has 0 saturated carbocycles. The van der Waals surface area contributed by atoms with E-state index in [2.05, 4.69) is 4.98 Å². The van der Waals surface area contributed by atoms with Crippen molar-refractivity contribution in [1.29, 1.82) is 0 Å². The van der Waals surface area contributed by atoms with Gasteiger partial charge in [-0.1, -0.05) is 6.07 Å². The van der Waals surface area contributed by atoms with Crippen LogP contribution in [0.4, 0.5) is 0 Å². The average Bonchev–Trinajstić information content (AvgIpc) is 3.05. The first-order chi connectivity index (χ1) is 13.4. The molecule has 3 aromatic rings. The van der Waals surface area contributed by atoms with Crippen molar-refractivity contribution in [3.63, 3.8) is 0 Å². The Bertz CT molecular complexity index is 1130. The summed E-state index contributed by atoms with van der Waals surface area (Å²) in [6.45, 7) is 5.22. The van der Waals surface area contributed by atoms with Crippen LogP contribution in [0.2, 0.25) is 0 Å². The quantitative estimate of drug-likeness (QED) is 0.601. The van der Waals surface area contributed by atoms with Gasteiger partial charge in [0, 0.05) is 14.1 Å². The Kier molecular flexibility index (Phi) is 5.43. The fraction of sp³-hybridized carbons (Fsp3) is 0.421. The number of nitrogens with one attached hydrogen (secondary N) is 1. The van der Waals surface area contributed by atoms with Crippen molar-refractivity contribution in [2.45, 2.75) is 20.4 Å². The van der Waals surface area contributed by atoms with Crippen molar-refractivity contribution in [1.82, 2.24) is 14.1 Å². The number of H-pyrrole nitrogens is 1. The summed E-state index contributed by atoms with van der Waals surface area (Å²) < 4.78 is 20.9. The van der Waals surface area contributed by atoms with Crippen LogP contribution < -0.4 is 30.0 Å². The van der Waals surface area contributed by atoms with E-state index in [1.54, 1.807) is 11.6 Å². The zero-order chi connectivity index (χ0) is 20.4. The van der Waals surface area contributed by atoms with Gasteiger partial charge >= 0.3 is 17.3 Å². The van der Waals surface area contributed by atoms with E-state index < -0.39 is 11.2 Å². The topological polar surface area (TPSA) is 91.4 Å². The zero-order valence-electron chi connectivity index (χ0n) is 16.7. The van der Waals surface area contributed by atoms with E-state index in [0.717, 1.165) is 10.1 Å². The first-order valence-corrected chi connectivity index (χ1v) is 9.06. The molecule has 0 fully saturated rings. The van der Waals surface area contributed by atoms with Crippen molar-refractivity contribution < 1.29 is 18.8 Å². The number of rotatable bonds is 7. The maximum atomic E-state index is 12.8. The van der Waals surface area contributed by atoms with Crippen molar-refractivity contribution >= 4 is 11.2 Å². The number of fused-ring (bicyclic) bond motifs is 1. The van der Waals surface area contributed by atoms with Gasteiger partial charge in [-0.15, -0.1) is 0 Å². The monoisotopic (exact) mass is 389 g/mol. The first kappa shape index (κ1) is 19.5. The summed E-state index contributed by atoms with van der Waals surface area (Å²) in [5.74, 6) is 1.31. The first-order valence-electron chi connectivity index (χ1n) is 9.06. The van der Waals surface area contributed by atoms with E-state index in [1.165, 1.54) is 18.7 Å². The molecule has 28 heavy (non-hydrogen) atoms. The Hall–Kier alpha value is -3.23. The van der Waals surface area contributed by atoms with Crippen LogP contribution in [0.3, 0.4) is 0 Å². The number of ether oxygens (including phenoxy) is 3. The fourth-order valence-electron chi connectivity index (χ4n) is 3.17. The van der Waals surface area contributed by atoms with Crippen LogP contribution in [0.25, 0.3) is 11.2 Å². The number of aromatic nitrogens is 4. The predicted octanol–water partition coefficient (Wildman–Crippen LogP) is 0.707. The molecule has 3 rings (SSSR count). The molecule has 0 atom stereocenters. The van der Waals surface area contributed by atoms with E-state index >= 15 is 0 Å². The minimum atomic E-state index is -0.409. The van der Waals surface area contributed by atoms with Crippen LogP contribution in [0.15, 0.2) is 27.8 Å². The summed E-state index contributed by atoms with van der Waals surface area (Å²) in [5.41, 5.74) is 0.850. The number of nitrogens with zero attached hydrogens (tertiary/aromatic N) is 3. The number of methoxy groups -OCH3 is 1. The summed E-state index contributed by atoms with van der Waals surface area (Å²) in [5, 5.41) is 0. The van der Waals surface area contributed by atoms with E-state index in [4.69, 9.17) is 14.2 Å². The minimum Gasteiger partial charge on any atom is -0.490 e. The Morgan fingerprint density at radius 3 is 2.36 bits per heavy atom. The second-order valence-corrected chi connectivity index (χ2v) is 6.27. The zero-order valence-corrected chi connectivity index (χ0v) is 16.7. The highest BCUT2D eigenvalue weighted by Gasteiger charge is 2.27. The van der Waals surface area contributed by atoms with Gasteiger partial charge in [-0.05, 0) is 31.5 Å². The third kappa shape index (κ3) is 3.23. The van der Waals surface area contributed by atoms with Crippen LogP contribution in [-0.4, -0.2) is 34.4 Å². The highest BCUT2D eigenvalue weighted by Crippen LogP contribution is 2.28.